The molecule has 0 saturated carbocycles. The fourth-order valence-corrected chi connectivity index (χ4v) is 1.99. The summed E-state index contributed by atoms with van der Waals surface area (Å²) in [5.74, 6) is 0. The monoisotopic (exact) mass is 209 g/mol. The molecule has 0 aromatic carbocycles. The fourth-order valence-electron chi connectivity index (χ4n) is 1.99. The Morgan fingerprint density at radius 2 is 2.40 bits per heavy atom. The predicted molar refractivity (Wildman–Crippen MR) is 58.6 cm³/mol. The Bertz CT molecular complexity index is 293. The van der Waals surface area contributed by atoms with Gasteiger partial charge in [-0.2, -0.15) is 0 Å². The summed E-state index contributed by atoms with van der Waals surface area (Å²) in [4.78, 5) is 0. The van der Waals surface area contributed by atoms with Gasteiger partial charge in [0.15, 0.2) is 0 Å². The minimum atomic E-state index is 0.0714. The summed E-state index contributed by atoms with van der Waals surface area (Å²) in [5, 5.41) is 3.38. The molecule has 0 radical (unpaired) electrons. The third-order valence-corrected chi connectivity index (χ3v) is 2.84. The van der Waals surface area contributed by atoms with E-state index in [4.69, 9.17) is 9.15 Å². The fraction of sp³-hybridized carbons (Fsp3) is 0.667. The number of hydrogen-bond donors (Lipinski definition) is 1. The summed E-state index contributed by atoms with van der Waals surface area (Å²) in [6, 6.07) is 1.98. The molecule has 15 heavy (non-hydrogen) atoms. The minimum absolute atomic E-state index is 0.0714. The van der Waals surface area contributed by atoms with Crippen molar-refractivity contribution in [2.75, 3.05) is 6.54 Å². The Labute approximate surface area is 90.8 Å². The molecule has 0 spiro atoms. The molecule has 3 heteroatoms. The van der Waals surface area contributed by atoms with Crippen LogP contribution in [0.2, 0.25) is 0 Å². The third-order valence-electron chi connectivity index (χ3n) is 2.84. The highest BCUT2D eigenvalue weighted by atomic mass is 16.5. The molecule has 0 bridgehead atoms. The van der Waals surface area contributed by atoms with Crippen LogP contribution in [0.3, 0.4) is 0 Å². The Hall–Kier alpha value is -0.800. The lowest BCUT2D eigenvalue weighted by Crippen LogP contribution is -2.28. The highest BCUT2D eigenvalue weighted by Crippen LogP contribution is 2.28. The minimum Gasteiger partial charge on any atom is -0.472 e. The van der Waals surface area contributed by atoms with Crippen molar-refractivity contribution in [1.29, 1.82) is 0 Å². The average Bonchev–Trinajstić information content (AvgIpc) is 2.76. The van der Waals surface area contributed by atoms with Crippen molar-refractivity contribution in [3.05, 3.63) is 24.2 Å². The second kappa shape index (κ2) is 4.37. The maximum atomic E-state index is 5.88. The van der Waals surface area contributed by atoms with Crippen LogP contribution in [0, 0.1) is 0 Å². The van der Waals surface area contributed by atoms with Gasteiger partial charge in [-0.1, -0.05) is 0 Å². The molecule has 1 aromatic rings. The standard InChI is InChI=1S/C12H19NO2/c1-12(2)5-3-11(15-12)8-13-7-10-4-6-14-9-10/h4,6,9,11,13H,3,5,7-8H2,1-2H3. The molecule has 1 aromatic heterocycles. The van der Waals surface area contributed by atoms with E-state index in [-0.39, 0.29) is 5.60 Å². The van der Waals surface area contributed by atoms with Crippen molar-refractivity contribution in [1.82, 2.24) is 5.32 Å². The van der Waals surface area contributed by atoms with Crippen LogP contribution in [0.5, 0.6) is 0 Å². The molecule has 1 unspecified atom stereocenters. The maximum Gasteiger partial charge on any atom is 0.0947 e. The van der Waals surface area contributed by atoms with Crippen LogP contribution >= 0.6 is 0 Å². The summed E-state index contributed by atoms with van der Waals surface area (Å²) in [7, 11) is 0. The molecule has 2 rings (SSSR count). The van der Waals surface area contributed by atoms with Gasteiger partial charge in [-0.3, -0.25) is 0 Å². The Morgan fingerprint density at radius 3 is 3.00 bits per heavy atom. The summed E-state index contributed by atoms with van der Waals surface area (Å²) < 4.78 is 10.9. The molecule has 1 aliphatic heterocycles. The van der Waals surface area contributed by atoms with Gasteiger partial charge in [0.25, 0.3) is 0 Å². The molecule has 1 N–H and O–H groups in total. The van der Waals surface area contributed by atoms with Gasteiger partial charge in [-0.05, 0) is 32.8 Å². The Balaban J connectivity index is 1.67. The van der Waals surface area contributed by atoms with Crippen molar-refractivity contribution in [3.8, 4) is 0 Å². The normalized spacial score (nSPS) is 24.5. The van der Waals surface area contributed by atoms with E-state index in [2.05, 4.69) is 19.2 Å². The molecule has 3 nitrogen and oxygen atoms in total. The van der Waals surface area contributed by atoms with Crippen molar-refractivity contribution in [2.45, 2.75) is 44.9 Å². The predicted octanol–water partition coefficient (Wildman–Crippen LogP) is 2.33. The highest BCUT2D eigenvalue weighted by Gasteiger charge is 2.30. The lowest BCUT2D eigenvalue weighted by Gasteiger charge is -2.19. The largest absolute Gasteiger partial charge is 0.472 e. The lowest BCUT2D eigenvalue weighted by molar-refractivity contribution is -0.0142. The SMILES string of the molecule is CC1(C)CCC(CNCc2ccoc2)O1. The van der Waals surface area contributed by atoms with Crippen LogP contribution in [0.25, 0.3) is 0 Å². The van der Waals surface area contributed by atoms with Gasteiger partial charge < -0.3 is 14.5 Å². The van der Waals surface area contributed by atoms with Crippen molar-refractivity contribution < 1.29 is 9.15 Å². The topological polar surface area (TPSA) is 34.4 Å². The molecule has 1 fully saturated rings. The number of furan rings is 1. The van der Waals surface area contributed by atoms with Crippen molar-refractivity contribution in [2.24, 2.45) is 0 Å². The molecule has 0 aliphatic carbocycles. The lowest BCUT2D eigenvalue weighted by atomic mass is 10.1. The molecular formula is C12H19NO2. The van der Waals surface area contributed by atoms with Gasteiger partial charge in [0.05, 0.1) is 24.2 Å². The van der Waals surface area contributed by atoms with Gasteiger partial charge in [0.1, 0.15) is 0 Å². The van der Waals surface area contributed by atoms with Gasteiger partial charge >= 0.3 is 0 Å². The smallest absolute Gasteiger partial charge is 0.0947 e. The van der Waals surface area contributed by atoms with Crippen LogP contribution < -0.4 is 5.32 Å². The summed E-state index contributed by atoms with van der Waals surface area (Å²) in [6.45, 7) is 6.09. The first-order chi connectivity index (χ1) is 7.16. The first-order valence-electron chi connectivity index (χ1n) is 5.55. The number of ether oxygens (including phenoxy) is 1. The molecule has 1 saturated heterocycles. The van der Waals surface area contributed by atoms with Crippen molar-refractivity contribution in [3.63, 3.8) is 0 Å². The van der Waals surface area contributed by atoms with E-state index in [0.717, 1.165) is 25.9 Å². The highest BCUT2D eigenvalue weighted by molar-refractivity contribution is 5.04. The average molecular weight is 209 g/mol. The molecule has 84 valence electrons. The van der Waals surface area contributed by atoms with Gasteiger partial charge in [0, 0.05) is 18.7 Å². The summed E-state index contributed by atoms with van der Waals surface area (Å²) in [6.07, 6.45) is 6.15. The van der Waals surface area contributed by atoms with E-state index in [1.807, 2.05) is 6.07 Å². The van der Waals surface area contributed by atoms with Crippen LogP contribution in [-0.2, 0) is 11.3 Å². The zero-order valence-electron chi connectivity index (χ0n) is 9.45. The second-order valence-corrected chi connectivity index (χ2v) is 4.80. The molecule has 0 amide bonds. The zero-order valence-corrected chi connectivity index (χ0v) is 9.45. The third kappa shape index (κ3) is 3.08. The second-order valence-electron chi connectivity index (χ2n) is 4.80. The quantitative estimate of drug-likeness (QED) is 0.826. The van der Waals surface area contributed by atoms with E-state index in [1.165, 1.54) is 5.56 Å². The maximum absolute atomic E-state index is 5.88. The van der Waals surface area contributed by atoms with Crippen LogP contribution in [0.4, 0.5) is 0 Å². The van der Waals surface area contributed by atoms with Crippen molar-refractivity contribution >= 4 is 0 Å². The van der Waals surface area contributed by atoms with Crippen LogP contribution in [0.1, 0.15) is 32.3 Å². The first-order valence-corrected chi connectivity index (χ1v) is 5.55. The Morgan fingerprint density at radius 1 is 1.53 bits per heavy atom. The number of rotatable bonds is 4. The first kappa shape index (κ1) is 10.7. The van der Waals surface area contributed by atoms with Crippen LogP contribution in [-0.4, -0.2) is 18.2 Å². The summed E-state index contributed by atoms with van der Waals surface area (Å²) in [5.41, 5.74) is 1.26. The van der Waals surface area contributed by atoms with E-state index < -0.39 is 0 Å². The molecular weight excluding hydrogens is 190 g/mol. The van der Waals surface area contributed by atoms with E-state index in [0.29, 0.717) is 6.10 Å². The number of nitrogens with one attached hydrogen (secondary N) is 1. The van der Waals surface area contributed by atoms with Crippen LogP contribution in [0.15, 0.2) is 23.0 Å². The molecule has 2 heterocycles. The van der Waals surface area contributed by atoms with Gasteiger partial charge in [-0.15, -0.1) is 0 Å². The van der Waals surface area contributed by atoms with Gasteiger partial charge in [0.2, 0.25) is 0 Å². The van der Waals surface area contributed by atoms with E-state index >= 15 is 0 Å². The van der Waals surface area contributed by atoms with E-state index in [9.17, 15) is 0 Å². The summed E-state index contributed by atoms with van der Waals surface area (Å²) >= 11 is 0. The Kier molecular flexibility index (Phi) is 3.12. The molecule has 1 aliphatic rings. The van der Waals surface area contributed by atoms with Gasteiger partial charge in [-0.25, -0.2) is 0 Å². The number of hydrogen-bond acceptors (Lipinski definition) is 3. The molecule has 1 atom stereocenters. The van der Waals surface area contributed by atoms with E-state index in [1.54, 1.807) is 12.5 Å². The zero-order chi connectivity index (χ0) is 10.7.